The molecule has 132 valence electrons. The van der Waals surface area contributed by atoms with Gasteiger partial charge >= 0.3 is 35.3 Å². The minimum absolute atomic E-state index is 1.50. The van der Waals surface area contributed by atoms with E-state index < -0.39 is 66.9 Å². The van der Waals surface area contributed by atoms with Crippen molar-refractivity contribution < 1.29 is 39.5 Å². The van der Waals surface area contributed by atoms with Gasteiger partial charge in [0.05, 0.1) is 0 Å². The summed E-state index contributed by atoms with van der Waals surface area (Å²) >= 11 is 0. The molecule has 0 fully saturated rings. The van der Waals surface area contributed by atoms with Crippen LogP contribution < -0.4 is 17.1 Å². The van der Waals surface area contributed by atoms with Crippen molar-refractivity contribution in [2.45, 2.75) is 0 Å². The lowest BCUT2D eigenvalue weighted by molar-refractivity contribution is 0.380. The van der Waals surface area contributed by atoms with Crippen LogP contribution in [0.3, 0.4) is 0 Å². The van der Waals surface area contributed by atoms with Crippen LogP contribution in [0, 0.1) is 0 Å². The van der Waals surface area contributed by atoms with Crippen LogP contribution in [0.5, 0.6) is 0 Å². The summed E-state index contributed by atoms with van der Waals surface area (Å²) in [5, 5.41) is 0. The summed E-state index contributed by atoms with van der Waals surface area (Å²) in [6.07, 6.45) is -10.4. The number of hydrogen-bond donors (Lipinski definition) is 0. The Morgan fingerprint density at radius 2 is 0.625 bits per heavy atom. The molecule has 0 atom stereocenters. The number of hydrogen-bond acceptors (Lipinski definition) is 3. The van der Waals surface area contributed by atoms with Gasteiger partial charge in [-0.1, -0.05) is 0 Å². The van der Waals surface area contributed by atoms with Gasteiger partial charge in [0.15, 0.2) is 0 Å². The Morgan fingerprint density at radius 1 is 0.458 bits per heavy atom. The Balaban J connectivity index is 4.35. The van der Waals surface area contributed by atoms with Crippen molar-refractivity contribution in [1.29, 1.82) is 0 Å². The molecule has 1 aromatic rings. The average Bonchev–Trinajstić information content (AvgIpc) is 2.46. The van der Waals surface area contributed by atoms with Gasteiger partial charge in [0.25, 0.3) is 17.9 Å². The van der Waals surface area contributed by atoms with Crippen molar-refractivity contribution >= 4 is 17.9 Å². The van der Waals surface area contributed by atoms with Crippen LogP contribution in [0.4, 0.5) is 39.5 Å². The number of aromatic nitrogens is 3. The average molecular weight is 369 g/mol. The Kier molecular flexibility index (Phi) is 5.26. The van der Waals surface area contributed by atoms with Crippen molar-refractivity contribution in [3.05, 3.63) is 49.7 Å². The lowest BCUT2D eigenvalue weighted by atomic mass is 10.7. The summed E-state index contributed by atoms with van der Waals surface area (Å²) < 4.78 is 108. The fourth-order valence-electron chi connectivity index (χ4n) is 1.30. The molecule has 0 aromatic carbocycles. The van der Waals surface area contributed by atoms with E-state index in [-0.39, 0.29) is 0 Å². The van der Waals surface area contributed by atoms with Crippen molar-refractivity contribution in [3.63, 3.8) is 0 Å². The van der Waals surface area contributed by atoms with Crippen LogP contribution in [0.2, 0.25) is 0 Å². The van der Waals surface area contributed by atoms with E-state index in [0.29, 0.717) is 0 Å². The minimum Gasteiger partial charge on any atom is -0.246 e. The van der Waals surface area contributed by atoms with Gasteiger partial charge in [-0.2, -0.15) is 53.2 Å². The van der Waals surface area contributed by atoms with Gasteiger partial charge in [0.1, 0.15) is 0 Å². The molecule has 6 nitrogen and oxygen atoms in total. The van der Waals surface area contributed by atoms with Crippen molar-refractivity contribution in [2.24, 2.45) is 0 Å². The van der Waals surface area contributed by atoms with Crippen LogP contribution in [0.1, 0.15) is 0 Å². The zero-order valence-corrected chi connectivity index (χ0v) is 10.5. The Hall–Kier alpha value is -3.00. The summed E-state index contributed by atoms with van der Waals surface area (Å²) in [4.78, 5) is 34.3. The van der Waals surface area contributed by atoms with Gasteiger partial charge in [-0.15, -0.1) is 0 Å². The monoisotopic (exact) mass is 369 g/mol. The van der Waals surface area contributed by atoms with Crippen molar-refractivity contribution in [3.8, 4) is 0 Å². The second-order valence-electron chi connectivity index (χ2n) is 3.51. The zero-order chi connectivity index (χ0) is 18.9. The highest BCUT2D eigenvalue weighted by Gasteiger charge is 2.28. The standard InChI is InChI=1S/C9F9N3O3/c10-1(11)4(16)19-7(22)20(5(17)2(12)13)9(24)21(8(19)23)6(18)3(14)15. The fraction of sp³-hybridized carbons (Fsp3) is 0. The summed E-state index contributed by atoms with van der Waals surface area (Å²) in [6, 6.07) is 0. The van der Waals surface area contributed by atoms with E-state index in [0.717, 1.165) is 0 Å². The van der Waals surface area contributed by atoms with Gasteiger partial charge < -0.3 is 0 Å². The number of halogens is 9. The highest BCUT2D eigenvalue weighted by Crippen LogP contribution is 2.15. The van der Waals surface area contributed by atoms with Crippen LogP contribution >= 0.6 is 0 Å². The summed E-state index contributed by atoms with van der Waals surface area (Å²) in [5.41, 5.74) is -8.28. The van der Waals surface area contributed by atoms with E-state index in [1.165, 1.54) is 0 Å². The highest BCUT2D eigenvalue weighted by molar-refractivity contribution is 5.42. The molecule has 15 heteroatoms. The smallest absolute Gasteiger partial charge is 0.246 e. The largest absolute Gasteiger partial charge is 0.349 e. The predicted octanol–water partition coefficient (Wildman–Crippen LogP) is 2.15. The summed E-state index contributed by atoms with van der Waals surface area (Å²) in [5.74, 6) is -9.40. The molecule has 0 saturated heterocycles. The maximum atomic E-state index is 13.1. The first kappa shape index (κ1) is 19.0. The van der Waals surface area contributed by atoms with Crippen LogP contribution in [0.15, 0.2) is 32.6 Å². The molecule has 0 bridgehead atoms. The van der Waals surface area contributed by atoms with Crippen LogP contribution in [0.25, 0.3) is 17.9 Å². The SMILES string of the molecule is O=c1n(C(F)=C(F)F)c(=O)n(C(F)=C(F)F)c(=O)n1C(F)=C(F)F. The molecule has 0 spiro atoms. The molecule has 1 rings (SSSR count). The lowest BCUT2D eigenvalue weighted by Gasteiger charge is -2.09. The van der Waals surface area contributed by atoms with Crippen LogP contribution in [-0.4, -0.2) is 13.7 Å². The van der Waals surface area contributed by atoms with E-state index >= 15 is 0 Å². The van der Waals surface area contributed by atoms with E-state index in [1.807, 2.05) is 0 Å². The van der Waals surface area contributed by atoms with Gasteiger partial charge in [-0.3, -0.25) is 0 Å². The molecule has 0 unspecified atom stereocenters. The fourth-order valence-corrected chi connectivity index (χ4v) is 1.30. The molecule has 0 aliphatic rings. The molecule has 1 heterocycles. The first-order valence-corrected chi connectivity index (χ1v) is 5.08. The van der Waals surface area contributed by atoms with Gasteiger partial charge in [-0.25, -0.2) is 14.4 Å². The molecular formula is C9F9N3O3. The third kappa shape index (κ3) is 3.04. The van der Waals surface area contributed by atoms with E-state index in [1.54, 1.807) is 0 Å². The Bertz CT molecular complexity index is 799. The molecular weight excluding hydrogens is 369 g/mol. The summed E-state index contributed by atoms with van der Waals surface area (Å²) in [7, 11) is 0. The van der Waals surface area contributed by atoms with E-state index in [2.05, 4.69) is 0 Å². The molecule has 0 aliphatic heterocycles. The Morgan fingerprint density at radius 3 is 0.750 bits per heavy atom. The molecule has 24 heavy (non-hydrogen) atoms. The number of rotatable bonds is 3. The lowest BCUT2D eigenvalue weighted by Crippen LogP contribution is -2.53. The van der Waals surface area contributed by atoms with Gasteiger partial charge in [0.2, 0.25) is 0 Å². The quantitative estimate of drug-likeness (QED) is 0.767. The van der Waals surface area contributed by atoms with Gasteiger partial charge in [0, 0.05) is 0 Å². The van der Waals surface area contributed by atoms with Crippen molar-refractivity contribution in [1.82, 2.24) is 13.7 Å². The second kappa shape index (κ2) is 6.63. The molecule has 0 N–H and O–H groups in total. The molecule has 0 saturated carbocycles. The zero-order valence-electron chi connectivity index (χ0n) is 10.5. The summed E-state index contributed by atoms with van der Waals surface area (Å²) in [6.45, 7) is 0. The molecule has 0 aliphatic carbocycles. The first-order valence-electron chi connectivity index (χ1n) is 5.08. The van der Waals surface area contributed by atoms with E-state index in [9.17, 15) is 53.9 Å². The van der Waals surface area contributed by atoms with E-state index in [4.69, 9.17) is 0 Å². The normalized spacial score (nSPS) is 10.4. The molecule has 0 amide bonds. The molecule has 0 radical (unpaired) electrons. The Labute approximate surface area is 122 Å². The maximum absolute atomic E-state index is 13.1. The van der Waals surface area contributed by atoms with Gasteiger partial charge in [-0.05, 0) is 0 Å². The first-order chi connectivity index (χ1) is 10.9. The van der Waals surface area contributed by atoms with Crippen LogP contribution in [-0.2, 0) is 0 Å². The number of nitrogens with zero attached hydrogens (tertiary/aromatic N) is 3. The second-order valence-corrected chi connectivity index (χ2v) is 3.51. The molecule has 1 aromatic heterocycles. The third-order valence-corrected chi connectivity index (χ3v) is 2.20. The third-order valence-electron chi connectivity index (χ3n) is 2.20. The highest BCUT2D eigenvalue weighted by atomic mass is 19.3. The predicted molar refractivity (Wildman–Crippen MR) is 58.8 cm³/mol. The minimum atomic E-state index is -3.46. The van der Waals surface area contributed by atoms with Crippen molar-refractivity contribution in [2.75, 3.05) is 0 Å². The maximum Gasteiger partial charge on any atom is 0.349 e. The topological polar surface area (TPSA) is 66.0 Å².